The lowest BCUT2D eigenvalue weighted by molar-refractivity contribution is 0.769. The molecule has 0 N–H and O–H groups in total. The average molecular weight is 645 g/mol. The molecule has 1 aliphatic rings. The zero-order valence-electron chi connectivity index (χ0n) is 28.0. The first kappa shape index (κ1) is 28.3. The van der Waals surface area contributed by atoms with Gasteiger partial charge >= 0.3 is 0 Å². The minimum Gasteiger partial charge on any atom is -0.0622 e. The number of hydrogen-bond acceptors (Lipinski definition) is 0. The third-order valence-electron chi connectivity index (χ3n) is 11.5. The molecule has 0 amide bonds. The van der Waals surface area contributed by atoms with Gasteiger partial charge in [-0.05, 0) is 105 Å². The first-order valence-electron chi connectivity index (χ1n) is 17.9. The second-order valence-corrected chi connectivity index (χ2v) is 14.0. The molecular weight excluding hydrogens is 613 g/mol. The molecule has 1 aliphatic carbocycles. The predicted octanol–water partition coefficient (Wildman–Crippen LogP) is 13.4. The van der Waals surface area contributed by atoms with E-state index < -0.39 is 5.41 Å². The summed E-state index contributed by atoms with van der Waals surface area (Å²) >= 11 is 0. The van der Waals surface area contributed by atoms with Crippen LogP contribution in [0, 0.1) is 0 Å². The van der Waals surface area contributed by atoms with Gasteiger partial charge in [-0.3, -0.25) is 0 Å². The van der Waals surface area contributed by atoms with Crippen LogP contribution in [0.25, 0.3) is 76.5 Å². The summed E-state index contributed by atoms with van der Waals surface area (Å²) in [4.78, 5) is 0. The molecule has 11 rings (SSSR count). The molecule has 0 aliphatic heterocycles. The van der Waals surface area contributed by atoms with Gasteiger partial charge in [0.05, 0.1) is 5.41 Å². The van der Waals surface area contributed by atoms with Gasteiger partial charge in [-0.1, -0.05) is 188 Å². The minimum atomic E-state index is -0.467. The fourth-order valence-electron chi connectivity index (χ4n) is 9.37. The van der Waals surface area contributed by atoms with Gasteiger partial charge in [0.15, 0.2) is 0 Å². The summed E-state index contributed by atoms with van der Waals surface area (Å²) in [6, 6.07) is 72.4. The summed E-state index contributed by atoms with van der Waals surface area (Å²) in [5, 5.41) is 10.4. The maximum atomic E-state index is 2.49. The Bertz CT molecular complexity index is 2880. The summed E-state index contributed by atoms with van der Waals surface area (Å²) < 4.78 is 0. The van der Waals surface area contributed by atoms with Crippen molar-refractivity contribution in [1.29, 1.82) is 0 Å². The normalized spacial score (nSPS) is 13.3. The quantitative estimate of drug-likeness (QED) is 0.167. The molecule has 236 valence electrons. The van der Waals surface area contributed by atoms with Crippen molar-refractivity contribution in [3.63, 3.8) is 0 Å². The molecule has 0 heteroatoms. The Kier molecular flexibility index (Phi) is 5.97. The third-order valence-corrected chi connectivity index (χ3v) is 11.5. The van der Waals surface area contributed by atoms with Gasteiger partial charge in [-0.2, -0.15) is 0 Å². The van der Waals surface area contributed by atoms with Crippen LogP contribution in [0.5, 0.6) is 0 Å². The monoisotopic (exact) mass is 644 g/mol. The van der Waals surface area contributed by atoms with Crippen LogP contribution in [-0.2, 0) is 5.41 Å². The lowest BCUT2D eigenvalue weighted by atomic mass is 9.67. The number of hydrogen-bond donors (Lipinski definition) is 0. The van der Waals surface area contributed by atoms with Gasteiger partial charge in [0.2, 0.25) is 0 Å². The minimum absolute atomic E-state index is 0.467. The van der Waals surface area contributed by atoms with E-state index in [0.717, 1.165) is 0 Å². The van der Waals surface area contributed by atoms with Crippen molar-refractivity contribution in [2.24, 2.45) is 0 Å². The van der Waals surface area contributed by atoms with E-state index in [1.165, 1.54) is 98.7 Å². The Labute approximate surface area is 297 Å². The Morgan fingerprint density at radius 2 is 0.863 bits per heavy atom. The first-order valence-corrected chi connectivity index (χ1v) is 17.9. The summed E-state index contributed by atoms with van der Waals surface area (Å²) in [7, 11) is 0. The molecule has 0 bridgehead atoms. The molecule has 0 saturated heterocycles. The Morgan fingerprint density at radius 1 is 0.294 bits per heavy atom. The standard InChI is InChI=1S/C51H32/c1-4-12-33(13-5-1)40-20-11-21-43-42(40)29-31-47-50(43)45-32-37(26-30-46(45)51(47,38-16-6-2-7-17-38)39-18-8-3-9-19-39)41-27-24-36-23-22-34-14-10-15-35-25-28-44(41)49(36)48(34)35/h1-32H. The Morgan fingerprint density at radius 3 is 1.59 bits per heavy atom. The van der Waals surface area contributed by atoms with Crippen molar-refractivity contribution in [3.8, 4) is 33.4 Å². The van der Waals surface area contributed by atoms with Crippen LogP contribution in [0.1, 0.15) is 22.3 Å². The van der Waals surface area contributed by atoms with Crippen LogP contribution in [0.15, 0.2) is 194 Å². The lowest BCUT2D eigenvalue weighted by Crippen LogP contribution is -2.28. The van der Waals surface area contributed by atoms with Crippen LogP contribution in [0.2, 0.25) is 0 Å². The highest BCUT2D eigenvalue weighted by Gasteiger charge is 2.46. The van der Waals surface area contributed by atoms with Crippen LogP contribution < -0.4 is 0 Å². The van der Waals surface area contributed by atoms with E-state index in [1.54, 1.807) is 0 Å². The van der Waals surface area contributed by atoms with Crippen molar-refractivity contribution in [2.75, 3.05) is 0 Å². The van der Waals surface area contributed by atoms with Crippen LogP contribution in [0.4, 0.5) is 0 Å². The van der Waals surface area contributed by atoms with Crippen molar-refractivity contribution in [1.82, 2.24) is 0 Å². The molecule has 0 nitrogen and oxygen atoms in total. The van der Waals surface area contributed by atoms with Crippen LogP contribution in [0.3, 0.4) is 0 Å². The Balaban J connectivity index is 1.26. The van der Waals surface area contributed by atoms with Crippen LogP contribution >= 0.6 is 0 Å². The SMILES string of the molecule is c1ccc(-c2cccc3c4c(ccc23)C(c2ccccc2)(c2ccccc2)c2ccc(-c3ccc5ccc6cccc7ccc3c5c67)cc2-4)cc1. The lowest BCUT2D eigenvalue weighted by Gasteiger charge is -2.34. The Hall–Kier alpha value is -6.50. The zero-order valence-corrected chi connectivity index (χ0v) is 28.0. The first-order chi connectivity index (χ1) is 25.3. The molecule has 0 radical (unpaired) electrons. The molecule has 51 heavy (non-hydrogen) atoms. The predicted molar refractivity (Wildman–Crippen MR) is 216 cm³/mol. The maximum Gasteiger partial charge on any atom is 0.0713 e. The molecule has 0 heterocycles. The van der Waals surface area contributed by atoms with Gasteiger partial charge in [-0.15, -0.1) is 0 Å². The summed E-state index contributed by atoms with van der Waals surface area (Å²) in [5.41, 5.74) is 12.4. The fourth-order valence-corrected chi connectivity index (χ4v) is 9.37. The molecule has 0 unspecified atom stereocenters. The molecule has 0 atom stereocenters. The second-order valence-electron chi connectivity index (χ2n) is 14.0. The highest BCUT2D eigenvalue weighted by Crippen LogP contribution is 2.59. The van der Waals surface area contributed by atoms with E-state index >= 15 is 0 Å². The maximum absolute atomic E-state index is 2.49. The van der Waals surface area contributed by atoms with E-state index in [-0.39, 0.29) is 0 Å². The molecular formula is C51H32. The molecule has 10 aromatic rings. The summed E-state index contributed by atoms with van der Waals surface area (Å²) in [6.45, 7) is 0. The van der Waals surface area contributed by atoms with Crippen molar-refractivity contribution < 1.29 is 0 Å². The van der Waals surface area contributed by atoms with Crippen LogP contribution in [-0.4, -0.2) is 0 Å². The van der Waals surface area contributed by atoms with Gasteiger partial charge in [0.25, 0.3) is 0 Å². The van der Waals surface area contributed by atoms with Crippen molar-refractivity contribution in [3.05, 3.63) is 216 Å². The van der Waals surface area contributed by atoms with Crippen molar-refractivity contribution >= 4 is 43.1 Å². The number of fused-ring (bicyclic) bond motifs is 5. The second kappa shape index (κ2) is 10.7. The van der Waals surface area contributed by atoms with E-state index in [4.69, 9.17) is 0 Å². The van der Waals surface area contributed by atoms with E-state index in [2.05, 4.69) is 194 Å². The van der Waals surface area contributed by atoms with E-state index in [9.17, 15) is 0 Å². The van der Waals surface area contributed by atoms with E-state index in [0.29, 0.717) is 0 Å². The average Bonchev–Trinajstić information content (AvgIpc) is 3.51. The van der Waals surface area contributed by atoms with Gasteiger partial charge in [0.1, 0.15) is 0 Å². The largest absolute Gasteiger partial charge is 0.0713 e. The summed E-state index contributed by atoms with van der Waals surface area (Å²) in [5.74, 6) is 0. The van der Waals surface area contributed by atoms with Gasteiger partial charge in [-0.25, -0.2) is 0 Å². The smallest absolute Gasteiger partial charge is 0.0622 e. The highest BCUT2D eigenvalue weighted by atomic mass is 14.5. The van der Waals surface area contributed by atoms with Crippen molar-refractivity contribution in [2.45, 2.75) is 5.41 Å². The molecule has 0 saturated carbocycles. The highest BCUT2D eigenvalue weighted by molar-refractivity contribution is 6.25. The van der Waals surface area contributed by atoms with Gasteiger partial charge < -0.3 is 0 Å². The van der Waals surface area contributed by atoms with Gasteiger partial charge in [0, 0.05) is 0 Å². The third kappa shape index (κ3) is 3.91. The number of rotatable bonds is 4. The molecule has 0 fully saturated rings. The zero-order chi connectivity index (χ0) is 33.5. The summed E-state index contributed by atoms with van der Waals surface area (Å²) in [6.07, 6.45) is 0. The molecule has 0 aromatic heterocycles. The topological polar surface area (TPSA) is 0 Å². The molecule has 10 aromatic carbocycles. The molecule has 0 spiro atoms. The number of benzene rings is 10. The fraction of sp³-hybridized carbons (Fsp3) is 0.0196. The van der Waals surface area contributed by atoms with E-state index in [1.807, 2.05) is 0 Å².